The largest absolute Gasteiger partial charge is 0.501 e. The van der Waals surface area contributed by atoms with Gasteiger partial charge in [-0.25, -0.2) is 8.42 Å². The van der Waals surface area contributed by atoms with Crippen molar-refractivity contribution in [2.45, 2.75) is 29.7 Å². The van der Waals surface area contributed by atoms with Crippen molar-refractivity contribution >= 4 is 16.1 Å². The number of alkyl halides is 3. The molecule has 0 N–H and O–H groups in total. The smallest absolute Gasteiger partial charge is 0.302 e. The van der Waals surface area contributed by atoms with Gasteiger partial charge in [-0.15, -0.1) is 0 Å². The van der Waals surface area contributed by atoms with E-state index in [9.17, 15) is 26.4 Å². The number of hydrogen-bond acceptors (Lipinski definition) is 3. The molecule has 0 saturated heterocycles. The lowest BCUT2D eigenvalue weighted by Gasteiger charge is -2.18. The number of hydrogen-bond donors (Lipinski definition) is 0. The zero-order valence-corrected chi connectivity index (χ0v) is 10.5. The van der Waals surface area contributed by atoms with Crippen LogP contribution in [-0.2, 0) is 20.0 Å². The molecule has 0 saturated carbocycles. The molecule has 0 heterocycles. The van der Waals surface area contributed by atoms with E-state index in [-0.39, 0.29) is 5.56 Å². The first kappa shape index (κ1) is 14.7. The molecule has 0 spiro atoms. The normalized spacial score (nSPS) is 13.4. The van der Waals surface area contributed by atoms with Crippen molar-refractivity contribution < 1.29 is 26.4 Å². The van der Waals surface area contributed by atoms with Gasteiger partial charge in [0.1, 0.15) is 6.29 Å². The molecular formula is C11H11F3O3S. The van der Waals surface area contributed by atoms with E-state index in [1.54, 1.807) is 0 Å². The molecule has 0 unspecified atom stereocenters. The minimum Gasteiger partial charge on any atom is -0.302 e. The van der Waals surface area contributed by atoms with Gasteiger partial charge in [-0.1, -0.05) is 12.1 Å². The lowest BCUT2D eigenvalue weighted by atomic mass is 9.86. The van der Waals surface area contributed by atoms with Gasteiger partial charge >= 0.3 is 5.51 Å². The summed E-state index contributed by atoms with van der Waals surface area (Å²) in [7, 11) is -5.38. The average molecular weight is 280 g/mol. The fourth-order valence-corrected chi connectivity index (χ4v) is 2.07. The van der Waals surface area contributed by atoms with E-state index in [1.807, 2.05) is 0 Å². The second kappa shape index (κ2) is 4.38. The summed E-state index contributed by atoms with van der Waals surface area (Å²) in [5.41, 5.74) is -6.18. The van der Waals surface area contributed by atoms with E-state index in [0.29, 0.717) is 6.29 Å². The summed E-state index contributed by atoms with van der Waals surface area (Å²) >= 11 is 0. The van der Waals surface area contributed by atoms with Crippen LogP contribution in [0.25, 0.3) is 0 Å². The van der Waals surface area contributed by atoms with Crippen molar-refractivity contribution in [3.63, 3.8) is 0 Å². The molecule has 0 aliphatic carbocycles. The Bertz CT molecular complexity index is 559. The van der Waals surface area contributed by atoms with Crippen LogP contribution in [-0.4, -0.2) is 20.2 Å². The highest BCUT2D eigenvalue weighted by Gasteiger charge is 2.47. The van der Waals surface area contributed by atoms with Gasteiger partial charge < -0.3 is 4.79 Å². The van der Waals surface area contributed by atoms with E-state index in [4.69, 9.17) is 0 Å². The summed E-state index contributed by atoms with van der Waals surface area (Å²) in [6.45, 7) is 2.97. The van der Waals surface area contributed by atoms with E-state index >= 15 is 0 Å². The minimum absolute atomic E-state index is 0.211. The van der Waals surface area contributed by atoms with Crippen LogP contribution in [0.2, 0.25) is 0 Å². The van der Waals surface area contributed by atoms with Crippen LogP contribution in [0.3, 0.4) is 0 Å². The molecule has 7 heteroatoms. The van der Waals surface area contributed by atoms with Crippen LogP contribution in [0, 0.1) is 0 Å². The third-order valence-electron chi connectivity index (χ3n) is 2.49. The Kier molecular flexibility index (Phi) is 3.58. The Morgan fingerprint density at radius 1 is 1.17 bits per heavy atom. The molecule has 1 rings (SSSR count). The predicted octanol–water partition coefficient (Wildman–Crippen LogP) is 2.46. The van der Waals surface area contributed by atoms with Gasteiger partial charge in [0.2, 0.25) is 0 Å². The Morgan fingerprint density at radius 3 is 2.17 bits per heavy atom. The zero-order valence-electron chi connectivity index (χ0n) is 9.65. The number of carbonyl (C=O) groups excluding carboxylic acids is 1. The number of halogens is 3. The maximum absolute atomic E-state index is 12.4. The Hall–Kier alpha value is -1.37. The van der Waals surface area contributed by atoms with Gasteiger partial charge in [-0.05, 0) is 31.5 Å². The van der Waals surface area contributed by atoms with Gasteiger partial charge in [0.15, 0.2) is 0 Å². The molecule has 3 nitrogen and oxygen atoms in total. The van der Waals surface area contributed by atoms with Gasteiger partial charge in [0, 0.05) is 5.41 Å². The number of sulfone groups is 1. The number of benzene rings is 1. The summed E-state index contributed by atoms with van der Waals surface area (Å²) in [6.07, 6.45) is 0.548. The fourth-order valence-electron chi connectivity index (χ4n) is 1.27. The first-order chi connectivity index (χ1) is 8.02. The van der Waals surface area contributed by atoms with E-state index in [2.05, 4.69) is 0 Å². The molecule has 0 aliphatic rings. The molecular weight excluding hydrogens is 269 g/mol. The van der Waals surface area contributed by atoms with E-state index in [0.717, 1.165) is 12.1 Å². The van der Waals surface area contributed by atoms with Crippen molar-refractivity contribution in [1.29, 1.82) is 0 Å². The minimum atomic E-state index is -5.38. The van der Waals surface area contributed by atoms with Crippen LogP contribution in [0.1, 0.15) is 19.4 Å². The molecule has 1 aromatic rings. The summed E-state index contributed by atoms with van der Waals surface area (Å²) in [6, 6.07) is 4.31. The van der Waals surface area contributed by atoms with Crippen molar-refractivity contribution in [2.24, 2.45) is 0 Å². The first-order valence-electron chi connectivity index (χ1n) is 4.90. The molecule has 0 aromatic heterocycles. The van der Waals surface area contributed by atoms with Crippen molar-refractivity contribution in [3.05, 3.63) is 29.8 Å². The van der Waals surface area contributed by atoms with Gasteiger partial charge in [0.25, 0.3) is 9.84 Å². The lowest BCUT2D eigenvalue weighted by Crippen LogP contribution is -2.24. The quantitative estimate of drug-likeness (QED) is 0.799. The highest BCUT2D eigenvalue weighted by atomic mass is 32.2. The van der Waals surface area contributed by atoms with Gasteiger partial charge in [-0.3, -0.25) is 0 Å². The third kappa shape index (κ3) is 2.55. The van der Waals surface area contributed by atoms with Crippen molar-refractivity contribution in [3.8, 4) is 0 Å². The Balaban J connectivity index is 3.40. The number of carbonyl (C=O) groups is 1. The Morgan fingerprint density at radius 2 is 1.72 bits per heavy atom. The van der Waals surface area contributed by atoms with Crippen LogP contribution in [0.5, 0.6) is 0 Å². The monoisotopic (exact) mass is 280 g/mol. The molecule has 0 atom stereocenters. The van der Waals surface area contributed by atoms with Crippen molar-refractivity contribution in [2.75, 3.05) is 0 Å². The maximum atomic E-state index is 12.4. The van der Waals surface area contributed by atoms with Crippen LogP contribution in [0.4, 0.5) is 13.2 Å². The molecule has 18 heavy (non-hydrogen) atoms. The van der Waals surface area contributed by atoms with Crippen LogP contribution < -0.4 is 0 Å². The summed E-state index contributed by atoms with van der Waals surface area (Å²) in [5, 5.41) is 0. The highest BCUT2D eigenvalue weighted by molar-refractivity contribution is 7.92. The molecule has 0 radical (unpaired) electrons. The molecule has 0 bridgehead atoms. The second-order valence-corrected chi connectivity index (χ2v) is 6.26. The maximum Gasteiger partial charge on any atom is 0.501 e. The second-order valence-electron chi connectivity index (χ2n) is 4.32. The van der Waals surface area contributed by atoms with E-state index in [1.165, 1.54) is 26.0 Å². The lowest BCUT2D eigenvalue weighted by molar-refractivity contribution is -0.111. The summed E-state index contributed by atoms with van der Waals surface area (Å²) in [5.74, 6) is 0. The van der Waals surface area contributed by atoms with Crippen LogP contribution in [0.15, 0.2) is 29.2 Å². The fraction of sp³-hybridized carbons (Fsp3) is 0.364. The first-order valence-corrected chi connectivity index (χ1v) is 6.39. The summed E-state index contributed by atoms with van der Waals surface area (Å²) in [4.78, 5) is 9.95. The van der Waals surface area contributed by atoms with Gasteiger partial charge in [0.05, 0.1) is 4.90 Å². The molecule has 1 aromatic carbocycles. The average Bonchev–Trinajstić information content (AvgIpc) is 2.27. The molecule has 0 aliphatic heterocycles. The third-order valence-corrected chi connectivity index (χ3v) is 3.97. The SMILES string of the molecule is CC(C)(C=O)c1cccc(S(=O)(=O)C(F)(F)F)c1. The molecule has 0 amide bonds. The van der Waals surface area contributed by atoms with Gasteiger partial charge in [-0.2, -0.15) is 13.2 Å². The van der Waals surface area contributed by atoms with E-state index < -0.39 is 25.7 Å². The van der Waals surface area contributed by atoms with Crippen molar-refractivity contribution in [1.82, 2.24) is 0 Å². The predicted molar refractivity (Wildman–Crippen MR) is 58.8 cm³/mol. The Labute approximate surface area is 103 Å². The number of rotatable bonds is 3. The highest BCUT2D eigenvalue weighted by Crippen LogP contribution is 2.32. The summed E-state index contributed by atoms with van der Waals surface area (Å²) < 4.78 is 59.5. The zero-order chi connectivity index (χ0) is 14.2. The van der Waals surface area contributed by atoms with Crippen LogP contribution >= 0.6 is 0 Å². The molecule has 0 fully saturated rings. The standard InChI is InChI=1S/C11H11F3O3S/c1-10(2,7-15)8-4-3-5-9(6-8)18(16,17)11(12,13)14/h3-7H,1-2H3. The topological polar surface area (TPSA) is 51.2 Å². The number of aldehydes is 1. The molecule has 100 valence electrons.